The first-order valence-electron chi connectivity index (χ1n) is 15.6. The molecule has 0 spiro atoms. The van der Waals surface area contributed by atoms with E-state index in [2.05, 4.69) is 13.2 Å². The van der Waals surface area contributed by atoms with E-state index in [-0.39, 0.29) is 42.4 Å². The fourth-order valence-electron chi connectivity index (χ4n) is 8.62. The molecule has 2 N–H and O–H groups in total. The molecule has 1 aromatic carbocycles. The maximum Gasteiger partial charge on any atom is 0.184 e. The third kappa shape index (κ3) is 4.50. The van der Waals surface area contributed by atoms with Crippen LogP contribution in [-0.2, 0) is 14.4 Å². The highest BCUT2D eigenvalue weighted by atomic mass is 16.3. The third-order valence-corrected chi connectivity index (χ3v) is 11.0. The Balaban J connectivity index is 2.11. The van der Waals surface area contributed by atoms with Gasteiger partial charge in [-0.3, -0.25) is 19.2 Å². The molecule has 0 saturated heterocycles. The third-order valence-electron chi connectivity index (χ3n) is 11.0. The average molecular weight is 601 g/mol. The number of ketones is 4. The molecule has 6 heteroatoms. The Morgan fingerprint density at radius 2 is 1.59 bits per heavy atom. The fourth-order valence-corrected chi connectivity index (χ4v) is 8.62. The van der Waals surface area contributed by atoms with Gasteiger partial charge in [0.05, 0.1) is 10.8 Å². The predicted octanol–water partition coefficient (Wildman–Crippen LogP) is 7.90. The first-order valence-corrected chi connectivity index (χ1v) is 15.6. The molecule has 4 unspecified atom stereocenters. The first kappa shape index (κ1) is 33.4. The Bertz CT molecular complexity index is 1530. The molecule has 5 rings (SSSR count). The highest BCUT2D eigenvalue weighted by Crippen LogP contribution is 2.75. The number of hydrogen-bond acceptors (Lipinski definition) is 6. The molecular formula is C38H48O6. The number of phenols is 2. The molecule has 0 amide bonds. The van der Waals surface area contributed by atoms with Crippen LogP contribution in [0.2, 0.25) is 0 Å². The van der Waals surface area contributed by atoms with Gasteiger partial charge in [-0.2, -0.15) is 0 Å². The van der Waals surface area contributed by atoms with E-state index in [1.807, 2.05) is 67.5 Å². The lowest BCUT2D eigenvalue weighted by Crippen LogP contribution is -2.83. The normalized spacial score (nSPS) is 30.6. The lowest BCUT2D eigenvalue weighted by molar-refractivity contribution is -0.212. The van der Waals surface area contributed by atoms with Crippen molar-refractivity contribution in [3.63, 3.8) is 0 Å². The van der Waals surface area contributed by atoms with E-state index in [1.165, 1.54) is 12.1 Å². The quantitative estimate of drug-likeness (QED) is 0.116. The largest absolute Gasteiger partial charge is 0.504 e. The molecule has 0 aliphatic heterocycles. The van der Waals surface area contributed by atoms with Crippen molar-refractivity contribution in [2.45, 2.75) is 87.5 Å². The van der Waals surface area contributed by atoms with Gasteiger partial charge in [0.1, 0.15) is 0 Å². The molecule has 4 fully saturated rings. The van der Waals surface area contributed by atoms with Gasteiger partial charge >= 0.3 is 0 Å². The number of Topliss-reactive ketones (excluding diaryl/α,β-unsaturated/α-hetero) is 4. The van der Waals surface area contributed by atoms with E-state index < -0.39 is 56.4 Å². The smallest absolute Gasteiger partial charge is 0.184 e. The van der Waals surface area contributed by atoms with Crippen molar-refractivity contribution in [2.24, 2.45) is 39.4 Å². The van der Waals surface area contributed by atoms with Crippen LogP contribution < -0.4 is 0 Å². The van der Waals surface area contributed by atoms with Gasteiger partial charge in [-0.05, 0) is 109 Å². The Labute approximate surface area is 262 Å². The van der Waals surface area contributed by atoms with Gasteiger partial charge in [0.15, 0.2) is 40.0 Å². The van der Waals surface area contributed by atoms with Crippen molar-refractivity contribution < 1.29 is 29.4 Å². The number of aromatic hydroxyl groups is 2. The summed E-state index contributed by atoms with van der Waals surface area (Å²) in [5, 5.41) is 20.4. The number of carbonyl (C=O) groups excluding carboxylic acids is 4. The van der Waals surface area contributed by atoms with Crippen LogP contribution in [0, 0.1) is 39.4 Å². The highest BCUT2D eigenvalue weighted by molar-refractivity contribution is 6.42. The van der Waals surface area contributed by atoms with Crippen LogP contribution in [0.4, 0.5) is 0 Å². The molecule has 236 valence electrons. The number of carbonyl (C=O) groups is 4. The molecule has 6 nitrogen and oxygen atoms in total. The van der Waals surface area contributed by atoms with Crippen LogP contribution in [0.1, 0.15) is 97.9 Å². The van der Waals surface area contributed by atoms with Gasteiger partial charge in [0.2, 0.25) is 0 Å². The van der Waals surface area contributed by atoms with Crippen molar-refractivity contribution in [1.29, 1.82) is 0 Å². The number of rotatable bonds is 11. The number of allylic oxidation sites excluding steroid dienone is 6. The lowest BCUT2D eigenvalue weighted by atomic mass is 9.26. The van der Waals surface area contributed by atoms with Crippen molar-refractivity contribution in [3.8, 4) is 11.5 Å². The van der Waals surface area contributed by atoms with Gasteiger partial charge in [-0.25, -0.2) is 0 Å². The zero-order valence-electron chi connectivity index (χ0n) is 27.6. The SMILES string of the molecule is C=C(C)CCC(CC12C[C@@H]3[C@@H](C=C(C)C)C(C(=O)c4ccc(O)c(O)c4)(C1=O)C(=O)C(CC=C(C)C)(C2=O)C3(C)C)C(=C)C. The lowest BCUT2D eigenvalue weighted by Gasteiger charge is -2.71. The second-order valence-corrected chi connectivity index (χ2v) is 14.8. The van der Waals surface area contributed by atoms with Crippen molar-refractivity contribution in [1.82, 2.24) is 0 Å². The summed E-state index contributed by atoms with van der Waals surface area (Å²) in [6, 6.07) is 3.64. The van der Waals surface area contributed by atoms with Crippen molar-refractivity contribution in [3.05, 3.63) is 71.4 Å². The summed E-state index contributed by atoms with van der Waals surface area (Å²) in [6.07, 6.45) is 5.66. The molecular weight excluding hydrogens is 552 g/mol. The van der Waals surface area contributed by atoms with Gasteiger partial charge in [0.25, 0.3) is 0 Å². The number of benzene rings is 1. The van der Waals surface area contributed by atoms with Crippen LogP contribution in [-0.4, -0.2) is 33.3 Å². The molecule has 1 aromatic rings. The first-order chi connectivity index (χ1) is 20.3. The maximum atomic E-state index is 15.3. The monoisotopic (exact) mass is 600 g/mol. The summed E-state index contributed by atoms with van der Waals surface area (Å²) in [7, 11) is 0. The molecule has 6 atom stereocenters. The maximum absolute atomic E-state index is 15.3. The van der Waals surface area contributed by atoms with Gasteiger partial charge in [-0.15, -0.1) is 6.58 Å². The molecule has 4 aliphatic carbocycles. The summed E-state index contributed by atoms with van der Waals surface area (Å²) >= 11 is 0. The summed E-state index contributed by atoms with van der Waals surface area (Å²) in [5.74, 6) is -4.59. The summed E-state index contributed by atoms with van der Waals surface area (Å²) in [6.45, 7) is 23.6. The molecule has 0 heterocycles. The average Bonchev–Trinajstić information content (AvgIpc) is 2.91. The van der Waals surface area contributed by atoms with E-state index in [0.29, 0.717) is 12.8 Å². The molecule has 44 heavy (non-hydrogen) atoms. The van der Waals surface area contributed by atoms with Gasteiger partial charge < -0.3 is 10.2 Å². The topological polar surface area (TPSA) is 109 Å². The standard InChI is InChI=1S/C38H48O6/c1-21(2)11-12-26(24(7)8)19-36-20-28-27(17-23(5)6)38(33(36)43,31(41)25-13-14-29(39)30(40)18-25)34(44)37(32(36)42,35(28,9)10)16-15-22(3)4/h13-15,17-18,26-28,39-40H,1,7,11-12,16,19-20H2,2-6,8-10H3/t26?,27-,28-,36?,37?,38?/m1/s1. The van der Waals surface area contributed by atoms with Crippen LogP contribution in [0.25, 0.3) is 0 Å². The number of hydrogen-bond donors (Lipinski definition) is 2. The van der Waals surface area contributed by atoms with E-state index in [4.69, 9.17) is 0 Å². The molecule has 0 radical (unpaired) electrons. The Morgan fingerprint density at radius 3 is 2.11 bits per heavy atom. The second-order valence-electron chi connectivity index (χ2n) is 14.8. The van der Waals surface area contributed by atoms with Crippen LogP contribution in [0.15, 0.2) is 65.8 Å². The zero-order chi connectivity index (χ0) is 33.2. The van der Waals surface area contributed by atoms with Crippen LogP contribution in [0.5, 0.6) is 11.5 Å². The van der Waals surface area contributed by atoms with E-state index in [1.54, 1.807) is 0 Å². The van der Waals surface area contributed by atoms with Crippen molar-refractivity contribution in [2.75, 3.05) is 0 Å². The summed E-state index contributed by atoms with van der Waals surface area (Å²) < 4.78 is 0. The molecule has 4 bridgehead atoms. The fraction of sp³-hybridized carbons (Fsp3) is 0.526. The Morgan fingerprint density at radius 1 is 0.955 bits per heavy atom. The second kappa shape index (κ2) is 11.1. The minimum atomic E-state index is -2.16. The molecule has 0 aromatic heterocycles. The van der Waals surface area contributed by atoms with Gasteiger partial charge in [0, 0.05) is 11.5 Å². The summed E-state index contributed by atoms with van der Waals surface area (Å²) in [5.41, 5.74) is -2.59. The van der Waals surface area contributed by atoms with Gasteiger partial charge in [-0.1, -0.05) is 54.9 Å². The number of phenolic OH excluding ortho intramolecular Hbond substituents is 2. The highest BCUT2D eigenvalue weighted by Gasteiger charge is 2.86. The van der Waals surface area contributed by atoms with E-state index in [0.717, 1.165) is 28.4 Å². The molecule has 4 saturated carbocycles. The van der Waals surface area contributed by atoms with Crippen LogP contribution in [0.3, 0.4) is 0 Å². The predicted molar refractivity (Wildman–Crippen MR) is 172 cm³/mol. The minimum Gasteiger partial charge on any atom is -0.504 e. The zero-order valence-corrected chi connectivity index (χ0v) is 27.6. The van der Waals surface area contributed by atoms with E-state index >= 15 is 14.4 Å². The summed E-state index contributed by atoms with van der Waals surface area (Å²) in [4.78, 5) is 60.8. The Kier molecular flexibility index (Phi) is 8.43. The van der Waals surface area contributed by atoms with Crippen molar-refractivity contribution >= 4 is 23.1 Å². The van der Waals surface area contributed by atoms with Crippen LogP contribution >= 0.6 is 0 Å². The minimum absolute atomic E-state index is 0.0485. The molecule has 4 aliphatic rings. The van der Waals surface area contributed by atoms with E-state index in [9.17, 15) is 15.0 Å². The Hall–Kier alpha value is -3.54.